The molecule has 0 aromatic carbocycles. The summed E-state index contributed by atoms with van der Waals surface area (Å²) in [7, 11) is 2.31. The van der Waals surface area contributed by atoms with Crippen LogP contribution in [0.4, 0.5) is 0 Å². The van der Waals surface area contributed by atoms with Crippen molar-refractivity contribution < 1.29 is 0 Å². The molecule has 3 heteroatoms. The Morgan fingerprint density at radius 2 is 2.09 bits per heavy atom. The maximum atomic E-state index is 2.66. The third-order valence-electron chi connectivity index (χ3n) is 2.56. The van der Waals surface area contributed by atoms with Crippen LogP contribution in [0.25, 0.3) is 0 Å². The highest BCUT2D eigenvalue weighted by atomic mass is 28.2. The molecule has 1 rings (SSSR count). The van der Waals surface area contributed by atoms with Crippen molar-refractivity contribution in [3.63, 3.8) is 0 Å². The van der Waals surface area contributed by atoms with Gasteiger partial charge in [0.1, 0.15) is 0 Å². The van der Waals surface area contributed by atoms with Crippen LogP contribution in [0.5, 0.6) is 0 Å². The van der Waals surface area contributed by atoms with Crippen LogP contribution in [-0.4, -0.2) is 38.7 Å². The molecule has 1 atom stereocenters. The van der Waals surface area contributed by atoms with Crippen LogP contribution in [0, 0.1) is 0 Å². The Kier molecular flexibility index (Phi) is 3.55. The summed E-state index contributed by atoms with van der Waals surface area (Å²) in [4.78, 5) is 0. The SMILES string of the molecule is CCCCC1N(C)[SiH2]N1CC. The second-order valence-electron chi connectivity index (χ2n) is 3.43. The van der Waals surface area contributed by atoms with Crippen molar-refractivity contribution in [2.75, 3.05) is 13.6 Å². The lowest BCUT2D eigenvalue weighted by atomic mass is 10.2. The number of hydrogen-bond donors (Lipinski definition) is 0. The Hall–Kier alpha value is 0.137. The molecule has 0 spiro atoms. The standard InChI is InChI=1S/C8H20N2Si/c1-4-6-7-8-9(3)11-10(8)5-2/h8H,4-7,11H2,1-3H3. The molecular weight excluding hydrogens is 152 g/mol. The van der Waals surface area contributed by atoms with Gasteiger partial charge in [-0.25, -0.2) is 0 Å². The van der Waals surface area contributed by atoms with Gasteiger partial charge in [-0.15, -0.1) is 0 Å². The molecule has 66 valence electrons. The summed E-state index contributed by atoms with van der Waals surface area (Å²) in [6.45, 7) is 5.82. The summed E-state index contributed by atoms with van der Waals surface area (Å²) in [5, 5.41) is 0. The lowest BCUT2D eigenvalue weighted by Crippen LogP contribution is -2.64. The van der Waals surface area contributed by atoms with Crippen LogP contribution in [0.2, 0.25) is 0 Å². The lowest BCUT2D eigenvalue weighted by molar-refractivity contribution is 0.111. The van der Waals surface area contributed by atoms with Crippen molar-refractivity contribution >= 4 is 9.84 Å². The van der Waals surface area contributed by atoms with Crippen molar-refractivity contribution in [2.24, 2.45) is 0 Å². The summed E-state index contributed by atoms with van der Waals surface area (Å²) in [5.74, 6) is 0. The minimum Gasteiger partial charge on any atom is -0.305 e. The van der Waals surface area contributed by atoms with E-state index < -0.39 is 0 Å². The average molecular weight is 172 g/mol. The van der Waals surface area contributed by atoms with Gasteiger partial charge < -0.3 is 9.13 Å². The number of unbranched alkanes of at least 4 members (excludes halogenated alkanes) is 1. The molecule has 1 heterocycles. The van der Waals surface area contributed by atoms with Gasteiger partial charge in [-0.1, -0.05) is 26.7 Å². The Morgan fingerprint density at radius 1 is 1.36 bits per heavy atom. The Morgan fingerprint density at radius 3 is 2.55 bits per heavy atom. The summed E-state index contributed by atoms with van der Waals surface area (Å²) < 4.78 is 5.23. The molecular formula is C8H20N2Si. The number of nitrogens with zero attached hydrogens (tertiary/aromatic N) is 2. The molecule has 2 nitrogen and oxygen atoms in total. The molecule has 11 heavy (non-hydrogen) atoms. The van der Waals surface area contributed by atoms with Gasteiger partial charge in [0.15, 0.2) is 9.84 Å². The number of rotatable bonds is 4. The quantitative estimate of drug-likeness (QED) is 0.578. The van der Waals surface area contributed by atoms with E-state index in [1.165, 1.54) is 25.8 Å². The molecule has 0 amide bonds. The molecule has 1 unspecified atom stereocenters. The minimum atomic E-state index is 0.0346. The van der Waals surface area contributed by atoms with E-state index in [2.05, 4.69) is 30.0 Å². The maximum Gasteiger partial charge on any atom is 0.175 e. The maximum absolute atomic E-state index is 2.66. The first-order valence-corrected chi connectivity index (χ1v) is 6.00. The van der Waals surface area contributed by atoms with Crippen molar-refractivity contribution in [3.8, 4) is 0 Å². The average Bonchev–Trinajstić information content (AvgIpc) is 2.00. The first-order chi connectivity index (χ1) is 5.29. The summed E-state index contributed by atoms with van der Waals surface area (Å²) in [5.41, 5.74) is 0. The molecule has 0 aromatic rings. The Balaban J connectivity index is 2.19. The predicted molar refractivity (Wildman–Crippen MR) is 52.0 cm³/mol. The molecule has 1 fully saturated rings. The van der Waals surface area contributed by atoms with Crippen molar-refractivity contribution in [3.05, 3.63) is 0 Å². The molecule has 1 aliphatic rings. The first kappa shape index (κ1) is 9.23. The van der Waals surface area contributed by atoms with Gasteiger partial charge in [0, 0.05) is 0 Å². The van der Waals surface area contributed by atoms with E-state index in [0.717, 1.165) is 6.17 Å². The molecule has 1 aliphatic heterocycles. The molecule has 0 saturated carbocycles. The van der Waals surface area contributed by atoms with Crippen LogP contribution in [0.1, 0.15) is 33.1 Å². The van der Waals surface area contributed by atoms with Gasteiger partial charge in [-0.2, -0.15) is 0 Å². The summed E-state index contributed by atoms with van der Waals surface area (Å²) in [6, 6.07) is 0. The highest BCUT2D eigenvalue weighted by molar-refractivity contribution is 6.31. The zero-order valence-corrected chi connectivity index (χ0v) is 9.42. The highest BCUT2D eigenvalue weighted by Gasteiger charge is 2.31. The molecule has 0 bridgehead atoms. The van der Waals surface area contributed by atoms with Gasteiger partial charge in [0.25, 0.3) is 0 Å². The van der Waals surface area contributed by atoms with E-state index in [1.54, 1.807) is 0 Å². The lowest BCUT2D eigenvalue weighted by Gasteiger charge is -2.49. The van der Waals surface area contributed by atoms with Crippen molar-refractivity contribution in [1.29, 1.82) is 0 Å². The van der Waals surface area contributed by atoms with Gasteiger partial charge in [0.2, 0.25) is 0 Å². The minimum absolute atomic E-state index is 0.0346. The third-order valence-corrected chi connectivity index (χ3v) is 4.66. The van der Waals surface area contributed by atoms with E-state index in [4.69, 9.17) is 0 Å². The second kappa shape index (κ2) is 4.23. The van der Waals surface area contributed by atoms with E-state index in [-0.39, 0.29) is 9.84 Å². The molecule has 1 saturated heterocycles. The fourth-order valence-corrected chi connectivity index (χ4v) is 3.47. The predicted octanol–water partition coefficient (Wildman–Crippen LogP) is 0.769. The summed E-state index contributed by atoms with van der Waals surface area (Å²) >= 11 is 0. The highest BCUT2D eigenvalue weighted by Crippen LogP contribution is 2.18. The van der Waals surface area contributed by atoms with E-state index in [9.17, 15) is 0 Å². The topological polar surface area (TPSA) is 6.48 Å². The monoisotopic (exact) mass is 172 g/mol. The smallest absolute Gasteiger partial charge is 0.175 e. The second-order valence-corrected chi connectivity index (χ2v) is 5.52. The van der Waals surface area contributed by atoms with Gasteiger partial charge in [-0.05, 0) is 20.0 Å². The largest absolute Gasteiger partial charge is 0.305 e. The van der Waals surface area contributed by atoms with E-state index >= 15 is 0 Å². The Labute approximate surface area is 72.5 Å². The molecule has 0 N–H and O–H groups in total. The normalized spacial score (nSPS) is 29.2. The van der Waals surface area contributed by atoms with Gasteiger partial charge in [-0.3, -0.25) is 0 Å². The molecule has 0 radical (unpaired) electrons. The van der Waals surface area contributed by atoms with Crippen LogP contribution in [0.3, 0.4) is 0 Å². The van der Waals surface area contributed by atoms with Crippen LogP contribution >= 0.6 is 0 Å². The molecule has 0 aliphatic carbocycles. The van der Waals surface area contributed by atoms with Crippen LogP contribution in [-0.2, 0) is 0 Å². The number of hydrogen-bond acceptors (Lipinski definition) is 2. The van der Waals surface area contributed by atoms with Crippen molar-refractivity contribution in [2.45, 2.75) is 39.3 Å². The molecule has 0 aromatic heterocycles. The summed E-state index contributed by atoms with van der Waals surface area (Å²) in [6.07, 6.45) is 4.92. The van der Waals surface area contributed by atoms with E-state index in [1.807, 2.05) is 0 Å². The fraction of sp³-hybridized carbons (Fsp3) is 1.00. The van der Waals surface area contributed by atoms with Crippen LogP contribution in [0.15, 0.2) is 0 Å². The third kappa shape index (κ3) is 2.04. The first-order valence-electron chi connectivity index (χ1n) is 4.73. The fourth-order valence-electron chi connectivity index (χ4n) is 1.76. The zero-order chi connectivity index (χ0) is 8.27. The van der Waals surface area contributed by atoms with E-state index in [0.29, 0.717) is 0 Å². The Bertz CT molecular complexity index is 119. The van der Waals surface area contributed by atoms with Crippen molar-refractivity contribution in [1.82, 2.24) is 9.13 Å². The van der Waals surface area contributed by atoms with Gasteiger partial charge >= 0.3 is 0 Å². The van der Waals surface area contributed by atoms with Gasteiger partial charge in [0.05, 0.1) is 6.17 Å². The zero-order valence-electron chi connectivity index (χ0n) is 8.01. The van der Waals surface area contributed by atoms with Crippen LogP contribution < -0.4 is 0 Å².